The standard InChI is InChI=1S/C17H20BrSi/c1-2-3-13-19(18)14-7-11-16-10-6-9-15-8-4-5-12-17(15)16/h4-12H,2-3,13-14H2,1H3. The van der Waals surface area contributed by atoms with Gasteiger partial charge in [-0.15, -0.1) is 15.3 Å². The smallest absolute Gasteiger partial charge is 0.128 e. The lowest BCUT2D eigenvalue weighted by Crippen LogP contribution is -1.99. The molecule has 1 radical (unpaired) electrons. The number of hydrogen-bond donors (Lipinski definition) is 0. The summed E-state index contributed by atoms with van der Waals surface area (Å²) in [6.07, 6.45) is 7.26. The maximum atomic E-state index is 3.85. The van der Waals surface area contributed by atoms with Crippen LogP contribution in [0, 0.1) is 0 Å². The molecule has 2 aromatic rings. The van der Waals surface area contributed by atoms with Crippen LogP contribution in [0.25, 0.3) is 16.8 Å². The van der Waals surface area contributed by atoms with Crippen molar-refractivity contribution in [3.63, 3.8) is 0 Å². The Morgan fingerprint density at radius 3 is 2.74 bits per heavy atom. The molecule has 2 rings (SSSR count). The average molecular weight is 332 g/mol. The van der Waals surface area contributed by atoms with E-state index >= 15 is 0 Å². The third-order valence-corrected chi connectivity index (χ3v) is 7.00. The van der Waals surface area contributed by atoms with E-state index in [1.165, 1.54) is 41.3 Å². The van der Waals surface area contributed by atoms with Gasteiger partial charge in [0.05, 0.1) is 0 Å². The molecule has 0 saturated heterocycles. The summed E-state index contributed by atoms with van der Waals surface area (Å²) in [6.45, 7) is 2.26. The van der Waals surface area contributed by atoms with Crippen molar-refractivity contribution in [2.45, 2.75) is 31.9 Å². The van der Waals surface area contributed by atoms with E-state index in [2.05, 4.69) is 76.8 Å². The largest absolute Gasteiger partial charge is 0.139 e. The van der Waals surface area contributed by atoms with Crippen molar-refractivity contribution in [2.75, 3.05) is 0 Å². The van der Waals surface area contributed by atoms with E-state index < -0.39 is 0 Å². The number of rotatable bonds is 6. The van der Waals surface area contributed by atoms with Crippen LogP contribution in [-0.4, -0.2) is 7.42 Å². The van der Waals surface area contributed by atoms with Gasteiger partial charge in [0.2, 0.25) is 0 Å². The van der Waals surface area contributed by atoms with Crippen molar-refractivity contribution >= 4 is 39.6 Å². The Balaban J connectivity index is 2.05. The molecular weight excluding hydrogens is 312 g/mol. The predicted molar refractivity (Wildman–Crippen MR) is 92.2 cm³/mol. The van der Waals surface area contributed by atoms with Crippen molar-refractivity contribution in [2.24, 2.45) is 0 Å². The van der Waals surface area contributed by atoms with Crippen molar-refractivity contribution in [1.29, 1.82) is 0 Å². The summed E-state index contributed by atoms with van der Waals surface area (Å²) in [6, 6.07) is 17.7. The van der Waals surface area contributed by atoms with Crippen LogP contribution in [0.15, 0.2) is 48.5 Å². The van der Waals surface area contributed by atoms with Gasteiger partial charge in [-0.05, 0) is 28.4 Å². The second kappa shape index (κ2) is 7.66. The summed E-state index contributed by atoms with van der Waals surface area (Å²) >= 11 is 3.85. The molecule has 0 aliphatic carbocycles. The monoisotopic (exact) mass is 331 g/mol. The van der Waals surface area contributed by atoms with E-state index in [9.17, 15) is 0 Å². The molecule has 0 atom stereocenters. The Morgan fingerprint density at radius 1 is 1.11 bits per heavy atom. The van der Waals surface area contributed by atoms with Crippen LogP contribution in [0.5, 0.6) is 0 Å². The Kier molecular flexibility index (Phi) is 5.86. The number of fused-ring (bicyclic) bond motifs is 1. The lowest BCUT2D eigenvalue weighted by molar-refractivity contribution is 0.877. The van der Waals surface area contributed by atoms with Gasteiger partial charge < -0.3 is 0 Å². The summed E-state index contributed by atoms with van der Waals surface area (Å²) in [5.41, 5.74) is 1.33. The van der Waals surface area contributed by atoms with E-state index in [0.717, 1.165) is 0 Å². The second-order valence-electron chi connectivity index (χ2n) is 4.80. The molecule has 0 amide bonds. The van der Waals surface area contributed by atoms with Gasteiger partial charge in [-0.25, -0.2) is 0 Å². The lowest BCUT2D eigenvalue weighted by Gasteiger charge is -2.04. The molecule has 0 nitrogen and oxygen atoms in total. The Hall–Kier alpha value is -0.863. The molecule has 19 heavy (non-hydrogen) atoms. The van der Waals surface area contributed by atoms with Gasteiger partial charge in [0, 0.05) is 0 Å². The Labute approximate surface area is 125 Å². The molecule has 0 N–H and O–H groups in total. The molecule has 0 spiro atoms. The summed E-state index contributed by atoms with van der Waals surface area (Å²) in [4.78, 5) is 0. The van der Waals surface area contributed by atoms with Crippen LogP contribution in [-0.2, 0) is 0 Å². The van der Waals surface area contributed by atoms with Crippen LogP contribution in [0.2, 0.25) is 12.1 Å². The lowest BCUT2D eigenvalue weighted by atomic mass is 10.0. The first kappa shape index (κ1) is 14.5. The van der Waals surface area contributed by atoms with Crippen LogP contribution >= 0.6 is 15.3 Å². The minimum atomic E-state index is -0.349. The highest BCUT2D eigenvalue weighted by Crippen LogP contribution is 2.20. The number of hydrogen-bond acceptors (Lipinski definition) is 0. The van der Waals surface area contributed by atoms with Gasteiger partial charge in [-0.3, -0.25) is 0 Å². The van der Waals surface area contributed by atoms with Gasteiger partial charge in [-0.2, -0.15) is 0 Å². The highest BCUT2D eigenvalue weighted by Gasteiger charge is 2.03. The third kappa shape index (κ3) is 4.32. The molecule has 0 aromatic heterocycles. The molecule has 0 heterocycles. The van der Waals surface area contributed by atoms with E-state index in [-0.39, 0.29) is 7.42 Å². The first-order valence-electron chi connectivity index (χ1n) is 6.95. The maximum absolute atomic E-state index is 3.85. The average Bonchev–Trinajstić information content (AvgIpc) is 2.45. The summed E-state index contributed by atoms with van der Waals surface area (Å²) in [5, 5.41) is 2.66. The Morgan fingerprint density at radius 2 is 1.89 bits per heavy atom. The highest BCUT2D eigenvalue weighted by atomic mass is 79.9. The normalized spacial score (nSPS) is 11.7. The minimum absolute atomic E-state index is 0.349. The molecule has 2 aromatic carbocycles. The topological polar surface area (TPSA) is 0 Å². The van der Waals surface area contributed by atoms with Gasteiger partial charge in [0.25, 0.3) is 0 Å². The highest BCUT2D eigenvalue weighted by molar-refractivity contribution is 9.24. The molecule has 0 aliphatic heterocycles. The first-order valence-corrected chi connectivity index (χ1v) is 11.1. The quantitative estimate of drug-likeness (QED) is 0.447. The fraction of sp³-hybridized carbons (Fsp3) is 0.294. The molecular formula is C17H20BrSi. The zero-order valence-corrected chi connectivity index (χ0v) is 14.0. The molecule has 0 aliphatic rings. The molecule has 99 valence electrons. The first-order chi connectivity index (χ1) is 9.31. The number of benzene rings is 2. The summed E-state index contributed by atoms with van der Waals surface area (Å²) in [7, 11) is -0.349. The van der Waals surface area contributed by atoms with Gasteiger partial charge in [0.1, 0.15) is 7.42 Å². The van der Waals surface area contributed by atoms with Crippen molar-refractivity contribution in [3.8, 4) is 0 Å². The van der Waals surface area contributed by atoms with Crippen LogP contribution in [0.4, 0.5) is 0 Å². The van der Waals surface area contributed by atoms with Gasteiger partial charge in [-0.1, -0.05) is 74.4 Å². The fourth-order valence-corrected chi connectivity index (χ4v) is 4.90. The van der Waals surface area contributed by atoms with Crippen LogP contribution in [0.1, 0.15) is 25.3 Å². The van der Waals surface area contributed by atoms with E-state index in [0.29, 0.717) is 0 Å². The van der Waals surface area contributed by atoms with E-state index in [1.807, 2.05) is 0 Å². The zero-order valence-electron chi connectivity index (χ0n) is 11.4. The molecule has 2 heteroatoms. The number of halogens is 1. The SMILES string of the molecule is CCCC[Si](Br)CC=Cc1cccc2ccccc12. The maximum Gasteiger partial charge on any atom is 0.139 e. The third-order valence-electron chi connectivity index (χ3n) is 3.26. The second-order valence-corrected chi connectivity index (χ2v) is 10.1. The fourth-order valence-electron chi connectivity index (χ4n) is 2.18. The molecule has 0 saturated carbocycles. The van der Waals surface area contributed by atoms with Crippen molar-refractivity contribution in [1.82, 2.24) is 0 Å². The summed E-state index contributed by atoms with van der Waals surface area (Å²) < 4.78 is 0. The summed E-state index contributed by atoms with van der Waals surface area (Å²) in [5.74, 6) is 0. The zero-order chi connectivity index (χ0) is 13.5. The van der Waals surface area contributed by atoms with Crippen molar-refractivity contribution in [3.05, 3.63) is 54.1 Å². The molecule has 0 fully saturated rings. The number of allylic oxidation sites excluding steroid dienone is 1. The van der Waals surface area contributed by atoms with Gasteiger partial charge >= 0.3 is 0 Å². The van der Waals surface area contributed by atoms with E-state index in [1.54, 1.807) is 0 Å². The molecule has 0 unspecified atom stereocenters. The van der Waals surface area contributed by atoms with E-state index in [4.69, 9.17) is 0 Å². The Bertz CT molecular complexity index is 542. The van der Waals surface area contributed by atoms with Crippen LogP contribution < -0.4 is 0 Å². The van der Waals surface area contributed by atoms with Crippen LogP contribution in [0.3, 0.4) is 0 Å². The molecule has 0 bridgehead atoms. The van der Waals surface area contributed by atoms with Crippen molar-refractivity contribution < 1.29 is 0 Å². The predicted octanol–water partition coefficient (Wildman–Crippen LogP) is 6.04. The number of unbranched alkanes of at least 4 members (excludes halogenated alkanes) is 1. The van der Waals surface area contributed by atoms with Gasteiger partial charge in [0.15, 0.2) is 0 Å². The minimum Gasteiger partial charge on any atom is -0.128 e.